The van der Waals surface area contributed by atoms with E-state index in [-0.39, 0.29) is 11.9 Å². The molecule has 7 heteroatoms. The molecule has 2 aromatic heterocycles. The molecule has 1 amide bonds. The molecule has 1 aliphatic rings. The number of pyridine rings is 1. The zero-order valence-corrected chi connectivity index (χ0v) is 20.9. The van der Waals surface area contributed by atoms with Crippen LogP contribution in [0.2, 0.25) is 0 Å². The first-order chi connectivity index (χ1) is 17.5. The van der Waals surface area contributed by atoms with Gasteiger partial charge in [0.05, 0.1) is 11.7 Å². The van der Waals surface area contributed by atoms with Crippen molar-refractivity contribution < 1.29 is 9.53 Å². The van der Waals surface area contributed by atoms with Gasteiger partial charge in [0.15, 0.2) is 0 Å². The van der Waals surface area contributed by atoms with Gasteiger partial charge in [-0.15, -0.1) is 0 Å². The number of carbonyl (C=O) groups is 1. The number of likely N-dealkylation sites (N-methyl/N-ethyl adjacent to an activating group) is 1. The Morgan fingerprint density at radius 3 is 2.47 bits per heavy atom. The van der Waals surface area contributed by atoms with Crippen molar-refractivity contribution in [1.82, 2.24) is 24.5 Å². The molecule has 2 aromatic carbocycles. The fourth-order valence-electron chi connectivity index (χ4n) is 4.58. The van der Waals surface area contributed by atoms with E-state index in [1.165, 1.54) is 0 Å². The maximum atomic E-state index is 13.2. The lowest BCUT2D eigenvalue weighted by atomic mass is 10.0. The Morgan fingerprint density at radius 1 is 1.00 bits per heavy atom. The first-order valence-electron chi connectivity index (χ1n) is 12.5. The maximum absolute atomic E-state index is 13.2. The third-order valence-electron chi connectivity index (χ3n) is 6.77. The fraction of sp³-hybridized carbons (Fsp3) is 0.310. The third-order valence-corrected chi connectivity index (χ3v) is 6.77. The van der Waals surface area contributed by atoms with Crippen LogP contribution in [0.4, 0.5) is 0 Å². The number of carbonyl (C=O) groups excluding carboxylic acids is 1. The van der Waals surface area contributed by atoms with E-state index in [0.717, 1.165) is 55.2 Å². The van der Waals surface area contributed by atoms with Crippen molar-refractivity contribution in [2.24, 2.45) is 0 Å². The van der Waals surface area contributed by atoms with Gasteiger partial charge in [0.25, 0.3) is 5.91 Å². The molecule has 7 nitrogen and oxygen atoms in total. The average molecular weight is 484 g/mol. The van der Waals surface area contributed by atoms with Crippen LogP contribution in [0.15, 0.2) is 79.1 Å². The molecule has 4 aromatic rings. The minimum Gasteiger partial charge on any atom is -0.487 e. The van der Waals surface area contributed by atoms with E-state index in [9.17, 15) is 4.79 Å². The monoisotopic (exact) mass is 483 g/mol. The summed E-state index contributed by atoms with van der Waals surface area (Å²) in [5, 5.41) is 3.26. The first-order valence-corrected chi connectivity index (χ1v) is 12.5. The number of imidazole rings is 1. The molecule has 1 saturated heterocycles. The summed E-state index contributed by atoms with van der Waals surface area (Å²) in [5.41, 5.74) is 4.66. The van der Waals surface area contributed by atoms with Gasteiger partial charge in [0, 0.05) is 50.7 Å². The van der Waals surface area contributed by atoms with E-state index < -0.39 is 0 Å². The second-order valence-electron chi connectivity index (χ2n) is 9.51. The number of nitrogens with one attached hydrogen (secondary N) is 1. The van der Waals surface area contributed by atoms with Crippen LogP contribution < -0.4 is 10.1 Å². The van der Waals surface area contributed by atoms with Gasteiger partial charge in [-0.1, -0.05) is 36.4 Å². The molecule has 0 bridgehead atoms. The predicted molar refractivity (Wildman–Crippen MR) is 141 cm³/mol. The van der Waals surface area contributed by atoms with E-state index in [1.54, 1.807) is 0 Å². The number of hydrogen-bond acceptors (Lipinski definition) is 5. The van der Waals surface area contributed by atoms with E-state index in [4.69, 9.17) is 4.74 Å². The lowest BCUT2D eigenvalue weighted by Gasteiger charge is -2.35. The highest BCUT2D eigenvalue weighted by Crippen LogP contribution is 2.19. The predicted octanol–water partition coefficient (Wildman–Crippen LogP) is 3.94. The molecule has 0 spiro atoms. The molecule has 1 aliphatic heterocycles. The quantitative estimate of drug-likeness (QED) is 0.411. The molecular weight excluding hydrogens is 450 g/mol. The number of hydrogen-bond donors (Lipinski definition) is 1. The van der Waals surface area contributed by atoms with Gasteiger partial charge in [-0.25, -0.2) is 4.98 Å². The van der Waals surface area contributed by atoms with Crippen LogP contribution in [0.25, 0.3) is 5.65 Å². The van der Waals surface area contributed by atoms with Crippen LogP contribution in [-0.4, -0.2) is 64.9 Å². The summed E-state index contributed by atoms with van der Waals surface area (Å²) in [6.45, 7) is 7.32. The molecule has 0 aliphatic carbocycles. The highest BCUT2D eigenvalue weighted by molar-refractivity contribution is 5.94. The van der Waals surface area contributed by atoms with E-state index >= 15 is 0 Å². The molecule has 0 radical (unpaired) electrons. The molecule has 1 unspecified atom stereocenters. The first kappa shape index (κ1) is 24.0. The molecule has 3 heterocycles. The lowest BCUT2D eigenvalue weighted by Crippen LogP contribution is -2.47. The van der Waals surface area contributed by atoms with Gasteiger partial charge in [0.1, 0.15) is 18.0 Å². The average Bonchev–Trinajstić information content (AvgIpc) is 3.34. The van der Waals surface area contributed by atoms with Crippen molar-refractivity contribution in [1.29, 1.82) is 0 Å². The van der Waals surface area contributed by atoms with Crippen molar-refractivity contribution >= 4 is 11.6 Å². The summed E-state index contributed by atoms with van der Waals surface area (Å²) in [6, 6.07) is 21.5. The summed E-state index contributed by atoms with van der Waals surface area (Å²) >= 11 is 0. The molecule has 5 rings (SSSR count). The van der Waals surface area contributed by atoms with E-state index in [1.807, 2.05) is 78.3 Å². The number of ether oxygens (including phenoxy) is 1. The number of aromatic nitrogens is 2. The summed E-state index contributed by atoms with van der Waals surface area (Å²) in [6.07, 6.45) is 3.97. The topological polar surface area (TPSA) is 62.1 Å². The highest BCUT2D eigenvalue weighted by atomic mass is 16.5. The number of aryl methyl sites for hydroxylation is 1. The highest BCUT2D eigenvalue weighted by Gasteiger charge is 2.21. The van der Waals surface area contributed by atoms with Crippen molar-refractivity contribution in [3.05, 3.63) is 102 Å². The second kappa shape index (κ2) is 10.9. The molecule has 1 fully saturated rings. The number of rotatable bonds is 8. The number of piperazine rings is 1. The molecule has 186 valence electrons. The van der Waals surface area contributed by atoms with Crippen LogP contribution in [-0.2, 0) is 6.61 Å². The van der Waals surface area contributed by atoms with Gasteiger partial charge >= 0.3 is 0 Å². The molecule has 0 saturated carbocycles. The molecular formula is C29H33N5O2. The van der Waals surface area contributed by atoms with Crippen LogP contribution in [0, 0.1) is 6.92 Å². The largest absolute Gasteiger partial charge is 0.487 e. The summed E-state index contributed by atoms with van der Waals surface area (Å²) < 4.78 is 7.94. The van der Waals surface area contributed by atoms with Gasteiger partial charge < -0.3 is 19.4 Å². The number of fused-ring (bicyclic) bond motifs is 1. The SMILES string of the molecule is Cc1cccn2cc(COc3ccc(C(=O)NC(CN4CCN(C)CC4)c4ccccc4)cc3)nc12. The Morgan fingerprint density at radius 2 is 1.75 bits per heavy atom. The second-order valence-corrected chi connectivity index (χ2v) is 9.51. The fourth-order valence-corrected chi connectivity index (χ4v) is 4.58. The van der Waals surface area contributed by atoms with Crippen molar-refractivity contribution in [2.45, 2.75) is 19.6 Å². The van der Waals surface area contributed by atoms with Crippen LogP contribution >= 0.6 is 0 Å². The summed E-state index contributed by atoms with van der Waals surface area (Å²) in [4.78, 5) is 22.6. The Hall–Kier alpha value is -3.68. The van der Waals surface area contributed by atoms with Gasteiger partial charge in [-0.05, 0) is 55.4 Å². The normalized spacial score (nSPS) is 15.6. The Balaban J connectivity index is 1.22. The van der Waals surface area contributed by atoms with Crippen LogP contribution in [0.1, 0.15) is 33.2 Å². The number of amides is 1. The van der Waals surface area contributed by atoms with Crippen molar-refractivity contribution in [2.75, 3.05) is 39.8 Å². The maximum Gasteiger partial charge on any atom is 0.251 e. The zero-order chi connectivity index (χ0) is 24.9. The van der Waals surface area contributed by atoms with Gasteiger partial charge in [0.2, 0.25) is 0 Å². The number of nitrogens with zero attached hydrogens (tertiary/aromatic N) is 4. The minimum absolute atomic E-state index is 0.0727. The molecule has 36 heavy (non-hydrogen) atoms. The Labute approximate surface area is 212 Å². The summed E-state index contributed by atoms with van der Waals surface area (Å²) in [7, 11) is 2.15. The third kappa shape index (κ3) is 5.75. The van der Waals surface area contributed by atoms with Crippen molar-refractivity contribution in [3.63, 3.8) is 0 Å². The lowest BCUT2D eigenvalue weighted by molar-refractivity contribution is 0.0907. The summed E-state index contributed by atoms with van der Waals surface area (Å²) in [5.74, 6) is 0.623. The van der Waals surface area contributed by atoms with E-state index in [0.29, 0.717) is 17.9 Å². The molecule has 1 atom stereocenters. The van der Waals surface area contributed by atoms with Crippen LogP contribution in [0.3, 0.4) is 0 Å². The number of benzene rings is 2. The van der Waals surface area contributed by atoms with Crippen LogP contribution in [0.5, 0.6) is 5.75 Å². The van der Waals surface area contributed by atoms with Gasteiger partial charge in [-0.2, -0.15) is 0 Å². The van der Waals surface area contributed by atoms with Crippen molar-refractivity contribution in [3.8, 4) is 5.75 Å². The van der Waals surface area contributed by atoms with E-state index in [2.05, 4.69) is 39.3 Å². The minimum atomic E-state index is -0.0830. The molecule has 1 N–H and O–H groups in total. The smallest absolute Gasteiger partial charge is 0.251 e. The zero-order valence-electron chi connectivity index (χ0n) is 20.9. The standard InChI is InChI=1S/C29H33N5O2/c1-22-7-6-14-34-19-25(30-28(22)34)21-36-26-12-10-24(11-13-26)29(35)31-27(23-8-4-3-5-9-23)20-33-17-15-32(2)16-18-33/h3-14,19,27H,15-18,20-21H2,1-2H3,(H,31,35). The van der Waals surface area contributed by atoms with Gasteiger partial charge in [-0.3, -0.25) is 9.69 Å². The Bertz CT molecular complexity index is 1290. The Kier molecular flexibility index (Phi) is 7.30.